The summed E-state index contributed by atoms with van der Waals surface area (Å²) in [5.41, 5.74) is 3.70. The van der Waals surface area contributed by atoms with Crippen molar-refractivity contribution in [2.75, 3.05) is 5.01 Å². The number of amides is 2. The molecular formula is C12H16BrN3O. The third-order valence-corrected chi connectivity index (χ3v) is 3.31. The lowest BCUT2D eigenvalue weighted by Gasteiger charge is -2.24. The summed E-state index contributed by atoms with van der Waals surface area (Å²) >= 11 is 3.38. The van der Waals surface area contributed by atoms with E-state index in [4.69, 9.17) is 0 Å². The largest absolute Gasteiger partial charge is 0.338 e. The highest BCUT2D eigenvalue weighted by Crippen LogP contribution is 2.23. The number of halogens is 1. The number of carbonyl (C=O) groups is 1. The van der Waals surface area contributed by atoms with Crippen LogP contribution in [0.3, 0.4) is 0 Å². The minimum atomic E-state index is -0.348. The molecule has 1 unspecified atom stereocenters. The zero-order valence-corrected chi connectivity index (χ0v) is 11.5. The van der Waals surface area contributed by atoms with Gasteiger partial charge in [0.1, 0.15) is 5.66 Å². The maximum absolute atomic E-state index is 11.9. The van der Waals surface area contributed by atoms with Crippen LogP contribution < -0.4 is 15.8 Å². The lowest BCUT2D eigenvalue weighted by molar-refractivity contribution is 0.246. The molecular weight excluding hydrogens is 282 g/mol. The molecule has 5 heteroatoms. The van der Waals surface area contributed by atoms with Crippen molar-refractivity contribution in [2.24, 2.45) is 0 Å². The molecule has 1 saturated heterocycles. The van der Waals surface area contributed by atoms with Crippen molar-refractivity contribution in [1.29, 1.82) is 0 Å². The highest BCUT2D eigenvalue weighted by molar-refractivity contribution is 9.10. The van der Waals surface area contributed by atoms with Gasteiger partial charge < -0.3 is 5.32 Å². The van der Waals surface area contributed by atoms with Gasteiger partial charge in [-0.25, -0.2) is 15.2 Å². The lowest BCUT2D eigenvalue weighted by Crippen LogP contribution is -2.48. The number of nitrogens with one attached hydrogen (secondary N) is 2. The number of rotatable bonds is 3. The quantitative estimate of drug-likeness (QED) is 0.901. The molecule has 2 rings (SSSR count). The summed E-state index contributed by atoms with van der Waals surface area (Å²) in [6, 6.07) is 7.52. The molecule has 2 amide bonds. The van der Waals surface area contributed by atoms with Crippen molar-refractivity contribution in [1.82, 2.24) is 10.7 Å². The standard InChI is InChI=1S/C12H16BrN3O/c1-3-8-12(2)14-11(17)16(15-12)10-6-4-9(13)5-7-10/h4-7,15H,3,8H2,1-2H3,(H,14,17). The minimum absolute atomic E-state index is 0.108. The maximum Gasteiger partial charge on any atom is 0.338 e. The first-order chi connectivity index (χ1) is 8.04. The molecule has 0 aliphatic carbocycles. The summed E-state index contributed by atoms with van der Waals surface area (Å²) in [6.07, 6.45) is 1.91. The monoisotopic (exact) mass is 297 g/mol. The van der Waals surface area contributed by atoms with Crippen LogP contribution in [0.2, 0.25) is 0 Å². The second kappa shape index (κ2) is 4.66. The van der Waals surface area contributed by atoms with Gasteiger partial charge in [0.05, 0.1) is 5.69 Å². The van der Waals surface area contributed by atoms with Gasteiger partial charge in [0.15, 0.2) is 0 Å². The Labute approximate surface area is 109 Å². The fourth-order valence-corrected chi connectivity index (χ4v) is 2.27. The molecule has 1 aliphatic rings. The van der Waals surface area contributed by atoms with E-state index in [1.165, 1.54) is 0 Å². The van der Waals surface area contributed by atoms with Gasteiger partial charge in [-0.2, -0.15) is 0 Å². The number of nitrogens with zero attached hydrogens (tertiary/aromatic N) is 1. The second-order valence-electron chi connectivity index (χ2n) is 4.44. The Morgan fingerprint density at radius 3 is 2.59 bits per heavy atom. The molecule has 1 aromatic carbocycles. The lowest BCUT2D eigenvalue weighted by atomic mass is 10.1. The fourth-order valence-electron chi connectivity index (χ4n) is 2.01. The molecule has 4 nitrogen and oxygen atoms in total. The molecule has 0 bridgehead atoms. The molecule has 0 spiro atoms. The van der Waals surface area contributed by atoms with E-state index in [0.717, 1.165) is 23.0 Å². The van der Waals surface area contributed by atoms with Crippen molar-refractivity contribution in [3.8, 4) is 0 Å². The van der Waals surface area contributed by atoms with Gasteiger partial charge in [0, 0.05) is 4.47 Å². The van der Waals surface area contributed by atoms with Gasteiger partial charge in [0.25, 0.3) is 0 Å². The normalized spacial score (nSPS) is 23.9. The number of benzene rings is 1. The smallest absolute Gasteiger partial charge is 0.317 e. The third-order valence-electron chi connectivity index (χ3n) is 2.78. The van der Waals surface area contributed by atoms with Gasteiger partial charge in [0.2, 0.25) is 0 Å². The van der Waals surface area contributed by atoms with Crippen molar-refractivity contribution in [3.05, 3.63) is 28.7 Å². The Bertz CT molecular complexity index is 420. The van der Waals surface area contributed by atoms with Crippen LogP contribution in [0, 0.1) is 0 Å². The first-order valence-corrected chi connectivity index (χ1v) is 6.49. The minimum Gasteiger partial charge on any atom is -0.317 e. The molecule has 2 N–H and O–H groups in total. The van der Waals surface area contributed by atoms with E-state index in [-0.39, 0.29) is 11.7 Å². The van der Waals surface area contributed by atoms with E-state index >= 15 is 0 Å². The van der Waals surface area contributed by atoms with E-state index in [9.17, 15) is 4.79 Å². The van der Waals surface area contributed by atoms with Crippen molar-refractivity contribution in [3.63, 3.8) is 0 Å². The topological polar surface area (TPSA) is 44.4 Å². The molecule has 17 heavy (non-hydrogen) atoms. The molecule has 1 heterocycles. The molecule has 0 aromatic heterocycles. The number of anilines is 1. The number of hydrogen-bond acceptors (Lipinski definition) is 2. The number of urea groups is 1. The number of hydrogen-bond donors (Lipinski definition) is 2. The van der Waals surface area contributed by atoms with Gasteiger partial charge in [-0.15, -0.1) is 0 Å². The zero-order chi connectivity index (χ0) is 12.5. The Morgan fingerprint density at radius 1 is 1.35 bits per heavy atom. The Hall–Kier alpha value is -1.07. The third kappa shape index (κ3) is 2.61. The van der Waals surface area contributed by atoms with Gasteiger partial charge in [-0.3, -0.25) is 0 Å². The van der Waals surface area contributed by atoms with Crippen LogP contribution in [0.15, 0.2) is 28.7 Å². The van der Waals surface area contributed by atoms with E-state index in [1.807, 2.05) is 31.2 Å². The van der Waals surface area contributed by atoms with E-state index in [0.29, 0.717) is 0 Å². The average Bonchev–Trinajstić information content (AvgIpc) is 2.56. The van der Waals surface area contributed by atoms with Crippen LogP contribution >= 0.6 is 15.9 Å². The average molecular weight is 298 g/mol. The summed E-state index contributed by atoms with van der Waals surface area (Å²) in [5.74, 6) is 0. The predicted molar refractivity (Wildman–Crippen MR) is 71.6 cm³/mol. The van der Waals surface area contributed by atoms with Crippen LogP contribution in [0.1, 0.15) is 26.7 Å². The molecule has 92 valence electrons. The van der Waals surface area contributed by atoms with Crippen molar-refractivity contribution >= 4 is 27.6 Å². The highest BCUT2D eigenvalue weighted by Gasteiger charge is 2.37. The molecule has 1 fully saturated rings. The first kappa shape index (κ1) is 12.4. The van der Waals surface area contributed by atoms with Crippen molar-refractivity contribution in [2.45, 2.75) is 32.4 Å². The summed E-state index contributed by atoms with van der Waals surface area (Å²) in [5, 5.41) is 4.52. The van der Waals surface area contributed by atoms with E-state index < -0.39 is 0 Å². The Kier molecular flexibility index (Phi) is 3.40. The highest BCUT2D eigenvalue weighted by atomic mass is 79.9. The first-order valence-electron chi connectivity index (χ1n) is 5.70. The van der Waals surface area contributed by atoms with E-state index in [1.54, 1.807) is 5.01 Å². The summed E-state index contributed by atoms with van der Waals surface area (Å²) in [6.45, 7) is 4.09. The Morgan fingerprint density at radius 2 is 2.00 bits per heavy atom. The van der Waals surface area contributed by atoms with Gasteiger partial charge in [-0.05, 0) is 37.6 Å². The number of hydrazine groups is 1. The van der Waals surface area contributed by atoms with Crippen LogP contribution in [0.25, 0.3) is 0 Å². The van der Waals surface area contributed by atoms with Crippen LogP contribution in [-0.2, 0) is 0 Å². The van der Waals surface area contributed by atoms with Crippen LogP contribution in [0.5, 0.6) is 0 Å². The zero-order valence-electron chi connectivity index (χ0n) is 9.96. The second-order valence-corrected chi connectivity index (χ2v) is 5.35. The van der Waals surface area contributed by atoms with E-state index in [2.05, 4.69) is 33.6 Å². The predicted octanol–water partition coefficient (Wildman–Crippen LogP) is 3.00. The molecule has 1 aromatic rings. The summed E-state index contributed by atoms with van der Waals surface area (Å²) in [4.78, 5) is 11.9. The van der Waals surface area contributed by atoms with Crippen LogP contribution in [0.4, 0.5) is 10.5 Å². The summed E-state index contributed by atoms with van der Waals surface area (Å²) in [7, 11) is 0. The molecule has 0 radical (unpaired) electrons. The Balaban J connectivity index is 2.18. The SMILES string of the molecule is CCCC1(C)NC(=O)N(c2ccc(Br)cc2)N1. The van der Waals surface area contributed by atoms with Gasteiger partial charge >= 0.3 is 6.03 Å². The maximum atomic E-state index is 11.9. The van der Waals surface area contributed by atoms with Gasteiger partial charge in [-0.1, -0.05) is 29.3 Å². The number of carbonyl (C=O) groups excluding carboxylic acids is 1. The summed E-state index contributed by atoms with van der Waals surface area (Å²) < 4.78 is 0.997. The van der Waals surface area contributed by atoms with Crippen LogP contribution in [-0.4, -0.2) is 11.7 Å². The molecule has 1 aliphatic heterocycles. The molecule has 1 atom stereocenters. The fraction of sp³-hybridized carbons (Fsp3) is 0.417. The van der Waals surface area contributed by atoms with Crippen molar-refractivity contribution < 1.29 is 4.79 Å². The molecule has 0 saturated carbocycles.